The summed E-state index contributed by atoms with van der Waals surface area (Å²) in [7, 11) is 0. The lowest BCUT2D eigenvalue weighted by molar-refractivity contribution is -0.136. The van der Waals surface area contributed by atoms with Crippen LogP contribution in [-0.2, 0) is 22.7 Å². The normalized spacial score (nSPS) is 24.3. The first-order valence-corrected chi connectivity index (χ1v) is 10.9. The number of benzene rings is 2. The van der Waals surface area contributed by atoms with Crippen LogP contribution in [-0.4, -0.2) is 53.2 Å². The van der Waals surface area contributed by atoms with Crippen molar-refractivity contribution in [1.29, 1.82) is 0 Å². The Labute approximate surface area is 181 Å². The maximum atomic E-state index is 12.9. The molecule has 5 rings (SSSR count). The molecule has 2 fully saturated rings. The Bertz CT molecular complexity index is 1020. The van der Waals surface area contributed by atoms with E-state index in [0.29, 0.717) is 24.6 Å². The van der Waals surface area contributed by atoms with Gasteiger partial charge in [-0.05, 0) is 29.2 Å². The molecule has 7 heteroatoms. The second-order valence-corrected chi connectivity index (χ2v) is 8.49. The maximum absolute atomic E-state index is 12.9. The molecule has 7 nitrogen and oxygen atoms in total. The second-order valence-electron chi connectivity index (χ2n) is 8.49. The first-order valence-electron chi connectivity index (χ1n) is 10.9. The molecule has 3 aliphatic rings. The van der Waals surface area contributed by atoms with Gasteiger partial charge in [-0.15, -0.1) is 0 Å². The van der Waals surface area contributed by atoms with E-state index in [1.165, 1.54) is 11.1 Å². The van der Waals surface area contributed by atoms with Crippen molar-refractivity contribution in [2.75, 3.05) is 19.6 Å². The van der Waals surface area contributed by atoms with Crippen molar-refractivity contribution in [3.05, 3.63) is 70.8 Å². The van der Waals surface area contributed by atoms with E-state index < -0.39 is 6.04 Å². The van der Waals surface area contributed by atoms with Crippen molar-refractivity contribution in [1.82, 2.24) is 20.4 Å². The van der Waals surface area contributed by atoms with Gasteiger partial charge in [0, 0.05) is 50.7 Å². The standard InChI is InChI=1S/C24H26N4O3/c29-22-9-8-20(23(30)26-22)28-15-18-12-16(6-7-19(18)24(28)31)14-27-11-10-25-13-21(27)17-4-2-1-3-5-17/h1-7,12,20-21,25H,8-11,13-15H2,(H,26,29,30)/t20?,21-/m1/s1. The first kappa shape index (κ1) is 19.9. The van der Waals surface area contributed by atoms with Crippen molar-refractivity contribution in [2.45, 2.75) is 38.0 Å². The van der Waals surface area contributed by atoms with Gasteiger partial charge >= 0.3 is 0 Å². The molecule has 2 saturated heterocycles. The summed E-state index contributed by atoms with van der Waals surface area (Å²) in [4.78, 5) is 40.7. The molecule has 0 bridgehead atoms. The number of nitrogens with zero attached hydrogens (tertiary/aromatic N) is 2. The van der Waals surface area contributed by atoms with Gasteiger partial charge in [-0.3, -0.25) is 24.6 Å². The maximum Gasteiger partial charge on any atom is 0.255 e. The van der Waals surface area contributed by atoms with Crippen molar-refractivity contribution in [2.24, 2.45) is 0 Å². The summed E-state index contributed by atoms with van der Waals surface area (Å²) in [6.45, 7) is 4.05. The Kier molecular flexibility index (Phi) is 5.29. The number of hydrogen-bond acceptors (Lipinski definition) is 5. The molecule has 31 heavy (non-hydrogen) atoms. The Morgan fingerprint density at radius 1 is 1.00 bits per heavy atom. The van der Waals surface area contributed by atoms with E-state index in [9.17, 15) is 14.4 Å². The number of nitrogens with one attached hydrogen (secondary N) is 2. The molecule has 0 aliphatic carbocycles. The third-order valence-corrected chi connectivity index (χ3v) is 6.51. The Hall–Kier alpha value is -3.03. The average molecular weight is 418 g/mol. The van der Waals surface area contributed by atoms with Gasteiger partial charge < -0.3 is 10.2 Å². The van der Waals surface area contributed by atoms with Gasteiger partial charge in [-0.25, -0.2) is 0 Å². The number of piperazine rings is 1. The molecule has 2 N–H and O–H groups in total. The highest BCUT2D eigenvalue weighted by molar-refractivity contribution is 6.05. The topological polar surface area (TPSA) is 81.8 Å². The van der Waals surface area contributed by atoms with E-state index >= 15 is 0 Å². The predicted octanol–water partition coefficient (Wildman–Crippen LogP) is 1.59. The van der Waals surface area contributed by atoms with Gasteiger partial charge in [-0.2, -0.15) is 0 Å². The van der Waals surface area contributed by atoms with Gasteiger partial charge in [0.05, 0.1) is 0 Å². The van der Waals surface area contributed by atoms with Crippen LogP contribution in [0.3, 0.4) is 0 Å². The molecule has 0 saturated carbocycles. The highest BCUT2D eigenvalue weighted by Gasteiger charge is 2.39. The fraction of sp³-hybridized carbons (Fsp3) is 0.375. The summed E-state index contributed by atoms with van der Waals surface area (Å²) in [5.41, 5.74) is 4.08. The van der Waals surface area contributed by atoms with Crippen LogP contribution in [0.25, 0.3) is 0 Å². The fourth-order valence-electron chi connectivity index (χ4n) is 4.90. The molecular weight excluding hydrogens is 392 g/mol. The number of amides is 3. The van der Waals surface area contributed by atoms with Crippen LogP contribution in [0.5, 0.6) is 0 Å². The van der Waals surface area contributed by atoms with Crippen LogP contribution in [0.2, 0.25) is 0 Å². The van der Waals surface area contributed by atoms with Crippen molar-refractivity contribution in [3.8, 4) is 0 Å². The van der Waals surface area contributed by atoms with E-state index in [1.54, 1.807) is 4.90 Å². The summed E-state index contributed by atoms with van der Waals surface area (Å²) in [5, 5.41) is 5.85. The number of rotatable bonds is 4. The minimum atomic E-state index is -0.573. The average Bonchev–Trinajstić information content (AvgIpc) is 3.10. The number of imide groups is 1. The molecule has 3 amide bonds. The molecule has 160 valence electrons. The van der Waals surface area contributed by atoms with E-state index in [1.807, 2.05) is 18.2 Å². The number of piperidine rings is 1. The summed E-state index contributed by atoms with van der Waals surface area (Å²) in [6, 6.07) is 16.3. The lowest BCUT2D eigenvalue weighted by atomic mass is 10.0. The minimum absolute atomic E-state index is 0.125. The van der Waals surface area contributed by atoms with Crippen LogP contribution >= 0.6 is 0 Å². The molecule has 0 aromatic heterocycles. The summed E-state index contributed by atoms with van der Waals surface area (Å²) < 4.78 is 0. The quantitative estimate of drug-likeness (QED) is 0.737. The smallest absolute Gasteiger partial charge is 0.255 e. The number of carbonyl (C=O) groups excluding carboxylic acids is 3. The van der Waals surface area contributed by atoms with Crippen LogP contribution in [0.15, 0.2) is 48.5 Å². The zero-order valence-corrected chi connectivity index (χ0v) is 17.3. The molecule has 2 aromatic carbocycles. The van der Waals surface area contributed by atoms with Gasteiger partial charge in [0.15, 0.2) is 0 Å². The molecule has 0 radical (unpaired) electrons. The van der Waals surface area contributed by atoms with Crippen LogP contribution in [0.1, 0.15) is 45.9 Å². The Morgan fingerprint density at radius 2 is 1.84 bits per heavy atom. The summed E-state index contributed by atoms with van der Waals surface area (Å²) in [6.07, 6.45) is 0.655. The lowest BCUT2D eigenvalue weighted by Crippen LogP contribution is -2.52. The number of fused-ring (bicyclic) bond motifs is 1. The minimum Gasteiger partial charge on any atom is -0.322 e. The van der Waals surface area contributed by atoms with Gasteiger partial charge in [0.25, 0.3) is 5.91 Å². The SMILES string of the molecule is O=C1CCC(N2Cc3cc(CN4CCNC[C@@H]4c4ccccc4)ccc3C2=O)C(=O)N1. The second kappa shape index (κ2) is 8.24. The van der Waals surface area contributed by atoms with Crippen molar-refractivity contribution >= 4 is 17.7 Å². The first-order chi connectivity index (χ1) is 15.1. The van der Waals surface area contributed by atoms with Crippen molar-refractivity contribution in [3.63, 3.8) is 0 Å². The monoisotopic (exact) mass is 418 g/mol. The fourth-order valence-corrected chi connectivity index (χ4v) is 4.90. The highest BCUT2D eigenvalue weighted by atomic mass is 16.2. The van der Waals surface area contributed by atoms with Crippen molar-refractivity contribution < 1.29 is 14.4 Å². The van der Waals surface area contributed by atoms with E-state index in [4.69, 9.17) is 0 Å². The zero-order chi connectivity index (χ0) is 21.4. The van der Waals surface area contributed by atoms with Gasteiger partial charge in [0.1, 0.15) is 6.04 Å². The third-order valence-electron chi connectivity index (χ3n) is 6.51. The van der Waals surface area contributed by atoms with Gasteiger partial charge in [-0.1, -0.05) is 42.5 Å². The van der Waals surface area contributed by atoms with Gasteiger partial charge in [0.2, 0.25) is 11.8 Å². The number of hydrogen-bond donors (Lipinski definition) is 2. The van der Waals surface area contributed by atoms with Crippen LogP contribution < -0.4 is 10.6 Å². The van der Waals surface area contributed by atoms with Crippen LogP contribution in [0, 0.1) is 0 Å². The molecule has 2 atom stereocenters. The molecular formula is C24H26N4O3. The summed E-state index contributed by atoms with van der Waals surface area (Å²) in [5.74, 6) is -0.763. The largest absolute Gasteiger partial charge is 0.322 e. The molecule has 2 aromatic rings. The van der Waals surface area contributed by atoms with E-state index in [2.05, 4.69) is 45.9 Å². The molecule has 0 spiro atoms. The highest BCUT2D eigenvalue weighted by Crippen LogP contribution is 2.30. The zero-order valence-electron chi connectivity index (χ0n) is 17.3. The molecule has 3 aliphatic heterocycles. The Balaban J connectivity index is 1.33. The van der Waals surface area contributed by atoms with E-state index in [-0.39, 0.29) is 24.1 Å². The van der Waals surface area contributed by atoms with E-state index in [0.717, 1.165) is 31.7 Å². The molecule has 3 heterocycles. The number of carbonyl (C=O) groups is 3. The lowest BCUT2D eigenvalue weighted by Gasteiger charge is -2.36. The Morgan fingerprint density at radius 3 is 2.65 bits per heavy atom. The molecule has 1 unspecified atom stereocenters. The summed E-state index contributed by atoms with van der Waals surface area (Å²) >= 11 is 0. The third kappa shape index (κ3) is 3.86. The van der Waals surface area contributed by atoms with Crippen LogP contribution in [0.4, 0.5) is 0 Å². The predicted molar refractivity (Wildman–Crippen MR) is 115 cm³/mol.